The van der Waals surface area contributed by atoms with Gasteiger partial charge < -0.3 is 10.1 Å². The molecule has 1 aliphatic heterocycles. The van der Waals surface area contributed by atoms with Crippen LogP contribution in [0.1, 0.15) is 25.8 Å². The van der Waals surface area contributed by atoms with Gasteiger partial charge in [0.15, 0.2) is 0 Å². The van der Waals surface area contributed by atoms with Gasteiger partial charge in [0.2, 0.25) is 10.0 Å². The van der Waals surface area contributed by atoms with Crippen molar-refractivity contribution in [2.24, 2.45) is 0 Å². The van der Waals surface area contributed by atoms with Crippen molar-refractivity contribution in [1.82, 2.24) is 10.0 Å². The number of rotatable bonds is 6. The molecule has 7 heteroatoms. The lowest BCUT2D eigenvalue weighted by atomic mass is 10.1. The quantitative estimate of drug-likeness (QED) is 0.764. The van der Waals surface area contributed by atoms with Gasteiger partial charge in [-0.05, 0) is 57.5 Å². The average Bonchev–Trinajstić information content (AvgIpc) is 2.48. The second kappa shape index (κ2) is 8.68. The summed E-state index contributed by atoms with van der Waals surface area (Å²) in [6, 6.07) is 4.95. The number of sulfonamides is 1. The maximum atomic E-state index is 12.4. The molecule has 1 aromatic carbocycles. The Labute approximate surface area is 145 Å². The number of benzene rings is 1. The molecule has 0 bridgehead atoms. The summed E-state index contributed by atoms with van der Waals surface area (Å²) in [6.45, 7) is 7.81. The smallest absolute Gasteiger partial charge is 0.240 e. The summed E-state index contributed by atoms with van der Waals surface area (Å²) in [7, 11) is -3.49. The van der Waals surface area contributed by atoms with Crippen molar-refractivity contribution >= 4 is 22.4 Å². The molecule has 0 aromatic heterocycles. The molecule has 2 N–H and O–H groups in total. The molecule has 1 aliphatic rings. The number of hydrogen-bond donors (Lipinski definition) is 2. The molecule has 130 valence electrons. The standard InChI is InChI=1S/C16H24N2O3S.ClH/c1-12(2)21-16-5-4-15(10-13(16)3)22(19,20)18-11-14-6-8-17-9-7-14;/h4-6,10,12,17-18H,7-9,11H2,1-3H3;1H. The number of halogens is 1. The average molecular weight is 361 g/mol. The van der Waals surface area contributed by atoms with Crippen molar-refractivity contribution in [3.63, 3.8) is 0 Å². The normalized spacial score (nSPS) is 15.0. The monoisotopic (exact) mass is 360 g/mol. The topological polar surface area (TPSA) is 67.4 Å². The Morgan fingerprint density at radius 3 is 2.65 bits per heavy atom. The van der Waals surface area contributed by atoms with Crippen molar-refractivity contribution in [1.29, 1.82) is 0 Å². The summed E-state index contributed by atoms with van der Waals surface area (Å²) in [5, 5.41) is 3.21. The molecule has 1 aromatic rings. The second-order valence-corrected chi connectivity index (χ2v) is 7.50. The Kier molecular flexibility index (Phi) is 7.54. The lowest BCUT2D eigenvalue weighted by Gasteiger charge is -2.16. The summed E-state index contributed by atoms with van der Waals surface area (Å²) in [6.07, 6.45) is 2.98. The van der Waals surface area contributed by atoms with E-state index in [4.69, 9.17) is 4.74 Å². The largest absolute Gasteiger partial charge is 0.491 e. The van der Waals surface area contributed by atoms with Crippen molar-refractivity contribution < 1.29 is 13.2 Å². The first kappa shape index (κ1) is 20.0. The SMILES string of the molecule is Cc1cc(S(=O)(=O)NCC2=CCNCC2)ccc1OC(C)C.Cl. The zero-order valence-corrected chi connectivity index (χ0v) is 15.4. The molecule has 0 saturated heterocycles. The van der Waals surface area contributed by atoms with Gasteiger partial charge in [0.05, 0.1) is 11.0 Å². The predicted molar refractivity (Wildman–Crippen MR) is 94.9 cm³/mol. The molecule has 0 aliphatic carbocycles. The summed E-state index contributed by atoms with van der Waals surface area (Å²) >= 11 is 0. The fourth-order valence-electron chi connectivity index (χ4n) is 2.28. The van der Waals surface area contributed by atoms with Crippen LogP contribution in [0.25, 0.3) is 0 Å². The third kappa shape index (κ3) is 5.80. The minimum atomic E-state index is -3.49. The van der Waals surface area contributed by atoms with Gasteiger partial charge in [-0.3, -0.25) is 0 Å². The number of aryl methyl sites for hydroxylation is 1. The first-order valence-electron chi connectivity index (χ1n) is 7.54. The maximum absolute atomic E-state index is 12.4. The van der Waals surface area contributed by atoms with E-state index in [0.29, 0.717) is 6.54 Å². The molecule has 0 unspecified atom stereocenters. The Hall–Kier alpha value is -1.08. The maximum Gasteiger partial charge on any atom is 0.240 e. The second-order valence-electron chi connectivity index (χ2n) is 5.73. The third-order valence-electron chi connectivity index (χ3n) is 3.47. The van der Waals surface area contributed by atoms with Crippen LogP contribution in [-0.2, 0) is 10.0 Å². The third-order valence-corrected chi connectivity index (χ3v) is 4.87. The minimum absolute atomic E-state index is 0. The Morgan fingerprint density at radius 1 is 1.35 bits per heavy atom. The van der Waals surface area contributed by atoms with E-state index in [2.05, 4.69) is 10.0 Å². The van der Waals surface area contributed by atoms with Crippen molar-refractivity contribution in [3.8, 4) is 5.75 Å². The van der Waals surface area contributed by atoms with E-state index in [1.165, 1.54) is 0 Å². The molecule has 0 radical (unpaired) electrons. The van der Waals surface area contributed by atoms with E-state index in [1.807, 2.05) is 26.8 Å². The lowest BCUT2D eigenvalue weighted by Crippen LogP contribution is -2.29. The van der Waals surface area contributed by atoms with Crippen molar-refractivity contribution in [2.45, 2.75) is 38.2 Å². The van der Waals surface area contributed by atoms with Gasteiger partial charge in [0, 0.05) is 13.1 Å². The molecule has 2 rings (SSSR count). The summed E-state index contributed by atoms with van der Waals surface area (Å²) in [4.78, 5) is 0.274. The Bertz CT molecular complexity index is 657. The van der Waals surface area contributed by atoms with E-state index in [1.54, 1.807) is 18.2 Å². The molecule has 0 saturated carbocycles. The minimum Gasteiger partial charge on any atom is -0.491 e. The molecule has 5 nitrogen and oxygen atoms in total. The molecular weight excluding hydrogens is 336 g/mol. The number of nitrogens with one attached hydrogen (secondary N) is 2. The summed E-state index contributed by atoms with van der Waals surface area (Å²) < 4.78 is 33.0. The molecule has 0 spiro atoms. The van der Waals surface area contributed by atoms with E-state index in [-0.39, 0.29) is 23.4 Å². The predicted octanol–water partition coefficient (Wildman–Crippen LogP) is 2.40. The van der Waals surface area contributed by atoms with Gasteiger partial charge in [-0.15, -0.1) is 12.4 Å². The first-order chi connectivity index (χ1) is 10.4. The Balaban J connectivity index is 0.00000264. The van der Waals surface area contributed by atoms with Gasteiger partial charge in [-0.1, -0.05) is 11.6 Å². The van der Waals surface area contributed by atoms with Gasteiger partial charge in [-0.25, -0.2) is 13.1 Å². The number of ether oxygens (including phenoxy) is 1. The number of hydrogen-bond acceptors (Lipinski definition) is 4. The molecular formula is C16H25ClN2O3S. The summed E-state index contributed by atoms with van der Waals surface area (Å²) in [5.41, 5.74) is 1.94. The molecule has 0 amide bonds. The highest BCUT2D eigenvalue weighted by molar-refractivity contribution is 7.89. The van der Waals surface area contributed by atoms with E-state index < -0.39 is 10.0 Å². The molecule has 23 heavy (non-hydrogen) atoms. The highest BCUT2D eigenvalue weighted by atomic mass is 35.5. The zero-order valence-electron chi connectivity index (χ0n) is 13.8. The van der Waals surface area contributed by atoms with Crippen LogP contribution in [0.5, 0.6) is 5.75 Å². The van der Waals surface area contributed by atoms with Gasteiger partial charge in [0.25, 0.3) is 0 Å². The van der Waals surface area contributed by atoms with Crippen LogP contribution >= 0.6 is 12.4 Å². The fourth-order valence-corrected chi connectivity index (χ4v) is 3.40. The van der Waals surface area contributed by atoms with Crippen molar-refractivity contribution in [2.75, 3.05) is 19.6 Å². The lowest BCUT2D eigenvalue weighted by molar-refractivity contribution is 0.240. The van der Waals surface area contributed by atoms with Crippen molar-refractivity contribution in [3.05, 3.63) is 35.4 Å². The molecule has 0 fully saturated rings. The van der Waals surface area contributed by atoms with Gasteiger partial charge in [-0.2, -0.15) is 0 Å². The highest BCUT2D eigenvalue weighted by Crippen LogP contribution is 2.22. The van der Waals surface area contributed by atoms with Crippen LogP contribution in [0, 0.1) is 6.92 Å². The molecule has 0 atom stereocenters. The van der Waals surface area contributed by atoms with E-state index in [9.17, 15) is 8.42 Å². The van der Waals surface area contributed by atoms with Crippen LogP contribution in [-0.4, -0.2) is 34.2 Å². The van der Waals surface area contributed by atoms with Gasteiger partial charge in [0.1, 0.15) is 5.75 Å². The van der Waals surface area contributed by atoms with Crippen LogP contribution in [0.4, 0.5) is 0 Å². The van der Waals surface area contributed by atoms with Gasteiger partial charge >= 0.3 is 0 Å². The zero-order chi connectivity index (χ0) is 16.2. The van der Waals surface area contributed by atoms with E-state index >= 15 is 0 Å². The van der Waals surface area contributed by atoms with Crippen LogP contribution in [0.15, 0.2) is 34.7 Å². The Morgan fingerprint density at radius 2 is 2.09 bits per heavy atom. The first-order valence-corrected chi connectivity index (χ1v) is 9.02. The summed E-state index contributed by atoms with van der Waals surface area (Å²) in [5.74, 6) is 0.718. The fraction of sp³-hybridized carbons (Fsp3) is 0.500. The van der Waals surface area contributed by atoms with Crippen LogP contribution in [0.2, 0.25) is 0 Å². The van der Waals surface area contributed by atoms with Crippen LogP contribution < -0.4 is 14.8 Å². The van der Waals surface area contributed by atoms with E-state index in [0.717, 1.165) is 36.4 Å². The molecule has 1 heterocycles. The van der Waals surface area contributed by atoms with Crippen LogP contribution in [0.3, 0.4) is 0 Å². The highest BCUT2D eigenvalue weighted by Gasteiger charge is 2.16.